The van der Waals surface area contributed by atoms with Gasteiger partial charge in [-0.2, -0.15) is 18.3 Å². The molecule has 0 atom stereocenters. The van der Waals surface area contributed by atoms with Gasteiger partial charge in [-0.25, -0.2) is 9.31 Å². The number of urea groups is 1. The van der Waals surface area contributed by atoms with Gasteiger partial charge in [-0.15, -0.1) is 0 Å². The summed E-state index contributed by atoms with van der Waals surface area (Å²) in [5.74, 6) is 5.97. The summed E-state index contributed by atoms with van der Waals surface area (Å²) in [5, 5.41) is 12.7. The predicted octanol–water partition coefficient (Wildman–Crippen LogP) is 2.89. The number of piperidine rings is 1. The molecule has 4 rings (SSSR count). The maximum atomic E-state index is 13.3. The summed E-state index contributed by atoms with van der Waals surface area (Å²) in [6.45, 7) is 5.55. The number of rotatable bonds is 5. The van der Waals surface area contributed by atoms with E-state index in [9.17, 15) is 18.0 Å². The van der Waals surface area contributed by atoms with Crippen LogP contribution in [0.4, 0.5) is 23.8 Å². The molecule has 3 N–H and O–H groups in total. The van der Waals surface area contributed by atoms with E-state index in [1.54, 1.807) is 18.2 Å². The Labute approximate surface area is 200 Å². The Kier molecular flexibility index (Phi) is 7.16. The Morgan fingerprint density at radius 3 is 2.68 bits per heavy atom. The van der Waals surface area contributed by atoms with Gasteiger partial charge < -0.3 is 20.7 Å². The van der Waals surface area contributed by atoms with E-state index in [1.807, 2.05) is 0 Å². The van der Waals surface area contributed by atoms with Crippen molar-refractivity contribution in [2.24, 2.45) is 0 Å². The van der Waals surface area contributed by atoms with Gasteiger partial charge in [-0.3, -0.25) is 4.90 Å². The fourth-order valence-corrected chi connectivity index (χ4v) is 4.83. The van der Waals surface area contributed by atoms with Crippen molar-refractivity contribution in [2.45, 2.75) is 41.7 Å². The number of nitrogens with one attached hydrogen (secondary N) is 3. The number of carbonyl (C=O) groups excluding carboxylic acids is 1. The lowest BCUT2D eigenvalue weighted by Gasteiger charge is -2.49. The average Bonchev–Trinajstić information content (AvgIpc) is 3.12. The molecule has 2 saturated heterocycles. The summed E-state index contributed by atoms with van der Waals surface area (Å²) in [6, 6.07) is 4.87. The molecule has 0 saturated carbocycles. The lowest BCUT2D eigenvalue weighted by atomic mass is 9.93. The summed E-state index contributed by atoms with van der Waals surface area (Å²) >= 11 is -0.233. The molecule has 12 heteroatoms. The van der Waals surface area contributed by atoms with Crippen molar-refractivity contribution in [1.29, 1.82) is 0 Å². The molecule has 0 radical (unpaired) electrons. The molecule has 4 heterocycles. The van der Waals surface area contributed by atoms with Crippen molar-refractivity contribution in [3.63, 3.8) is 0 Å². The van der Waals surface area contributed by atoms with Gasteiger partial charge in [0.05, 0.1) is 35.7 Å². The molecule has 2 aromatic heterocycles. The van der Waals surface area contributed by atoms with E-state index < -0.39 is 11.5 Å². The first-order valence-electron chi connectivity index (χ1n) is 11.0. The van der Waals surface area contributed by atoms with Crippen LogP contribution in [0.5, 0.6) is 0 Å². The Bertz CT molecular complexity index is 1100. The first kappa shape index (κ1) is 24.5. The molecule has 0 aromatic carbocycles. The number of halogens is 3. The summed E-state index contributed by atoms with van der Waals surface area (Å²) in [4.78, 5) is 13.7. The highest BCUT2D eigenvalue weighted by atomic mass is 32.2. The zero-order valence-electron chi connectivity index (χ0n) is 19.0. The van der Waals surface area contributed by atoms with Crippen LogP contribution in [0, 0.1) is 11.8 Å². The SMILES string of the molecule is CNC(=O)NCC#Cc1nn2c(NC3CCN(C4(C)COC4)CC3)cccc2c1SC(F)(F)F. The number of aromatic nitrogens is 2. The molecule has 2 fully saturated rings. The molecule has 34 heavy (non-hydrogen) atoms. The van der Waals surface area contributed by atoms with Crippen molar-refractivity contribution in [1.82, 2.24) is 25.1 Å². The van der Waals surface area contributed by atoms with Crippen LogP contribution in [-0.2, 0) is 4.74 Å². The van der Waals surface area contributed by atoms with E-state index in [0.717, 1.165) is 39.1 Å². The molecule has 0 unspecified atom stereocenters. The third kappa shape index (κ3) is 5.54. The molecule has 2 aromatic rings. The minimum absolute atomic E-state index is 0.0166. The molecule has 2 aliphatic rings. The van der Waals surface area contributed by atoms with Crippen LogP contribution in [0.2, 0.25) is 0 Å². The van der Waals surface area contributed by atoms with E-state index in [1.165, 1.54) is 11.6 Å². The molecule has 2 aliphatic heterocycles. The first-order valence-corrected chi connectivity index (χ1v) is 11.8. The van der Waals surface area contributed by atoms with Gasteiger partial charge in [0, 0.05) is 26.2 Å². The van der Waals surface area contributed by atoms with Gasteiger partial charge in [-0.05, 0) is 49.6 Å². The van der Waals surface area contributed by atoms with Crippen LogP contribution in [0.1, 0.15) is 25.5 Å². The number of alkyl halides is 3. The third-order valence-electron chi connectivity index (χ3n) is 6.04. The number of likely N-dealkylation sites (tertiary alicyclic amines) is 1. The van der Waals surface area contributed by atoms with Crippen molar-refractivity contribution in [3.8, 4) is 11.8 Å². The van der Waals surface area contributed by atoms with Crippen LogP contribution >= 0.6 is 11.8 Å². The molecule has 0 spiro atoms. The first-order chi connectivity index (χ1) is 16.2. The lowest BCUT2D eigenvalue weighted by Crippen LogP contribution is -2.62. The minimum atomic E-state index is -4.49. The number of anilines is 1. The van der Waals surface area contributed by atoms with Crippen LogP contribution in [-0.4, -0.2) is 77.5 Å². The smallest absolute Gasteiger partial charge is 0.377 e. The van der Waals surface area contributed by atoms with Crippen molar-refractivity contribution >= 4 is 29.1 Å². The second kappa shape index (κ2) is 9.93. The number of carbonyl (C=O) groups is 1. The van der Waals surface area contributed by atoms with E-state index in [0.29, 0.717) is 11.3 Å². The maximum Gasteiger partial charge on any atom is 0.446 e. The van der Waals surface area contributed by atoms with Crippen molar-refractivity contribution in [3.05, 3.63) is 23.9 Å². The molecular weight excluding hydrogens is 469 g/mol. The van der Waals surface area contributed by atoms with Crippen LogP contribution in [0.25, 0.3) is 5.52 Å². The highest BCUT2D eigenvalue weighted by molar-refractivity contribution is 8.00. The minimum Gasteiger partial charge on any atom is -0.377 e. The zero-order valence-corrected chi connectivity index (χ0v) is 19.8. The Morgan fingerprint density at radius 1 is 1.32 bits per heavy atom. The van der Waals surface area contributed by atoms with Gasteiger partial charge in [-0.1, -0.05) is 12.0 Å². The van der Waals surface area contributed by atoms with Crippen LogP contribution < -0.4 is 16.0 Å². The van der Waals surface area contributed by atoms with E-state index >= 15 is 0 Å². The molecule has 184 valence electrons. The molecule has 8 nitrogen and oxygen atoms in total. The Morgan fingerprint density at radius 2 is 2.06 bits per heavy atom. The van der Waals surface area contributed by atoms with Crippen LogP contribution in [0.3, 0.4) is 0 Å². The number of amides is 2. The average molecular weight is 497 g/mol. The largest absolute Gasteiger partial charge is 0.446 e. The summed E-state index contributed by atoms with van der Waals surface area (Å²) < 4.78 is 46.7. The second-order valence-corrected chi connectivity index (χ2v) is 9.64. The summed E-state index contributed by atoms with van der Waals surface area (Å²) in [7, 11) is 1.46. The molecule has 0 aliphatic carbocycles. The Hall–Kier alpha value is -2.62. The quantitative estimate of drug-likeness (QED) is 0.436. The highest BCUT2D eigenvalue weighted by Crippen LogP contribution is 2.41. The summed E-state index contributed by atoms with van der Waals surface area (Å²) in [6.07, 6.45) is 1.82. The van der Waals surface area contributed by atoms with E-state index in [2.05, 4.69) is 44.7 Å². The third-order valence-corrected chi connectivity index (χ3v) is 6.88. The van der Waals surface area contributed by atoms with Crippen LogP contribution in [0.15, 0.2) is 23.1 Å². The number of nitrogens with zero attached hydrogens (tertiary/aromatic N) is 3. The van der Waals surface area contributed by atoms with Gasteiger partial charge in [0.25, 0.3) is 0 Å². The van der Waals surface area contributed by atoms with Gasteiger partial charge in [0.15, 0.2) is 0 Å². The fourth-order valence-electron chi connectivity index (χ4n) is 4.15. The zero-order chi connectivity index (χ0) is 24.3. The molecular formula is C22H27F3N6O2S. The summed E-state index contributed by atoms with van der Waals surface area (Å²) in [5.41, 5.74) is -4.04. The number of thioether (sulfide) groups is 1. The number of fused-ring (bicyclic) bond motifs is 1. The highest BCUT2D eigenvalue weighted by Gasteiger charge is 2.41. The standard InChI is InChI=1S/C22H27F3N6O2S/c1-21(13-33-14-21)30-11-8-15(9-12-30)28-18-7-3-6-17-19(34-22(23,24)25)16(29-31(17)18)5-4-10-27-20(32)26-2/h3,6-7,15,28H,8-14H2,1-2H3,(H2,26,27,32). The predicted molar refractivity (Wildman–Crippen MR) is 124 cm³/mol. The molecule has 0 bridgehead atoms. The van der Waals surface area contributed by atoms with Gasteiger partial charge in [0.1, 0.15) is 11.5 Å². The normalized spacial score (nSPS) is 18.6. The number of pyridine rings is 1. The van der Waals surface area contributed by atoms with Crippen molar-refractivity contribution in [2.75, 3.05) is 45.2 Å². The fraction of sp³-hybridized carbons (Fsp3) is 0.545. The van der Waals surface area contributed by atoms with Gasteiger partial charge in [0.2, 0.25) is 0 Å². The molecule has 2 amide bonds. The Balaban J connectivity index is 1.54. The number of ether oxygens (including phenoxy) is 1. The maximum absolute atomic E-state index is 13.3. The van der Waals surface area contributed by atoms with E-state index in [-0.39, 0.29) is 40.5 Å². The van der Waals surface area contributed by atoms with Crippen molar-refractivity contribution < 1.29 is 22.7 Å². The lowest BCUT2D eigenvalue weighted by molar-refractivity contribution is -0.135. The topological polar surface area (TPSA) is 82.9 Å². The second-order valence-electron chi connectivity index (χ2n) is 8.56. The van der Waals surface area contributed by atoms with E-state index in [4.69, 9.17) is 4.74 Å². The number of hydrogen-bond acceptors (Lipinski definition) is 6. The monoisotopic (exact) mass is 496 g/mol. The number of hydrogen-bond donors (Lipinski definition) is 3. The van der Waals surface area contributed by atoms with Gasteiger partial charge >= 0.3 is 11.5 Å².